The monoisotopic (exact) mass is 194 g/mol. The Kier molecular flexibility index (Phi) is 3.39. The summed E-state index contributed by atoms with van der Waals surface area (Å²) in [6.07, 6.45) is 5.15. The third-order valence-corrected chi connectivity index (χ3v) is 2.11. The minimum atomic E-state index is 0.730. The van der Waals surface area contributed by atoms with Crippen LogP contribution in [0, 0.1) is 0 Å². The molecule has 1 N–H and O–H groups in total. The van der Waals surface area contributed by atoms with Crippen LogP contribution < -0.4 is 5.43 Å². The summed E-state index contributed by atoms with van der Waals surface area (Å²) in [6, 6.07) is 0. The Balaban J connectivity index is 1.76. The molecule has 5 nitrogen and oxygen atoms in total. The van der Waals surface area contributed by atoms with E-state index in [0.29, 0.717) is 0 Å². The average Bonchev–Trinajstić information content (AvgIpc) is 2.29. The predicted molar refractivity (Wildman–Crippen MR) is 51.3 cm³/mol. The smallest absolute Gasteiger partial charge is 0.0738 e. The van der Waals surface area contributed by atoms with Crippen molar-refractivity contribution in [3.8, 4) is 0 Å². The van der Waals surface area contributed by atoms with Crippen molar-refractivity contribution in [2.45, 2.75) is 6.54 Å². The topological polar surface area (TPSA) is 50.3 Å². The minimum absolute atomic E-state index is 0.730. The zero-order chi connectivity index (χ0) is 9.64. The van der Waals surface area contributed by atoms with Crippen LogP contribution in [0.4, 0.5) is 0 Å². The number of rotatable bonds is 3. The van der Waals surface area contributed by atoms with Crippen LogP contribution in [-0.4, -0.2) is 41.3 Å². The Labute approximate surface area is 83.1 Å². The number of hydrogen-bond donors (Lipinski definition) is 1. The van der Waals surface area contributed by atoms with Crippen LogP contribution in [-0.2, 0) is 11.3 Å². The van der Waals surface area contributed by atoms with Crippen LogP contribution in [0.15, 0.2) is 18.6 Å². The van der Waals surface area contributed by atoms with Gasteiger partial charge in [0, 0.05) is 31.7 Å². The normalized spacial score (nSPS) is 18.3. The SMILES string of the molecule is c1cnc(CNN2CCOCC2)cn1. The van der Waals surface area contributed by atoms with Gasteiger partial charge in [0.05, 0.1) is 25.5 Å². The first-order valence-electron chi connectivity index (χ1n) is 4.76. The second-order valence-electron chi connectivity index (χ2n) is 3.13. The predicted octanol–water partition coefficient (Wildman–Crippen LogP) is -0.187. The van der Waals surface area contributed by atoms with E-state index >= 15 is 0 Å². The molecule has 1 saturated heterocycles. The van der Waals surface area contributed by atoms with Gasteiger partial charge in [-0.25, -0.2) is 10.4 Å². The molecular weight excluding hydrogens is 180 g/mol. The summed E-state index contributed by atoms with van der Waals surface area (Å²) in [4.78, 5) is 8.18. The minimum Gasteiger partial charge on any atom is -0.379 e. The lowest BCUT2D eigenvalue weighted by Crippen LogP contribution is -2.45. The van der Waals surface area contributed by atoms with E-state index in [-0.39, 0.29) is 0 Å². The van der Waals surface area contributed by atoms with E-state index in [9.17, 15) is 0 Å². The largest absolute Gasteiger partial charge is 0.379 e. The van der Waals surface area contributed by atoms with Crippen molar-refractivity contribution < 1.29 is 4.74 Å². The summed E-state index contributed by atoms with van der Waals surface area (Å²) in [5.41, 5.74) is 4.25. The van der Waals surface area contributed by atoms with E-state index in [4.69, 9.17) is 4.74 Å². The molecule has 0 aliphatic carbocycles. The molecule has 1 fully saturated rings. The Morgan fingerprint density at radius 1 is 1.36 bits per heavy atom. The molecule has 0 radical (unpaired) electrons. The summed E-state index contributed by atoms with van der Waals surface area (Å²) in [7, 11) is 0. The molecule has 5 heteroatoms. The molecule has 2 rings (SSSR count). The molecule has 0 amide bonds. The lowest BCUT2D eigenvalue weighted by atomic mass is 10.4. The molecule has 1 aliphatic heterocycles. The highest BCUT2D eigenvalue weighted by molar-refractivity contribution is 4.93. The fourth-order valence-corrected chi connectivity index (χ4v) is 1.34. The molecular formula is C9H14N4O. The van der Waals surface area contributed by atoms with Crippen molar-refractivity contribution in [1.29, 1.82) is 0 Å². The molecule has 1 aromatic rings. The molecule has 14 heavy (non-hydrogen) atoms. The number of hydrazine groups is 1. The van der Waals surface area contributed by atoms with Gasteiger partial charge in [-0.05, 0) is 0 Å². The highest BCUT2D eigenvalue weighted by Crippen LogP contribution is 1.95. The third-order valence-electron chi connectivity index (χ3n) is 2.11. The highest BCUT2D eigenvalue weighted by Gasteiger charge is 2.09. The van der Waals surface area contributed by atoms with E-state index in [1.165, 1.54) is 0 Å². The van der Waals surface area contributed by atoms with Gasteiger partial charge >= 0.3 is 0 Å². The van der Waals surface area contributed by atoms with Crippen molar-refractivity contribution in [3.05, 3.63) is 24.3 Å². The maximum atomic E-state index is 5.24. The Morgan fingerprint density at radius 3 is 2.93 bits per heavy atom. The molecule has 76 valence electrons. The molecule has 1 aromatic heterocycles. The number of aromatic nitrogens is 2. The Bertz CT molecular complexity index is 261. The van der Waals surface area contributed by atoms with Gasteiger partial charge in [0.2, 0.25) is 0 Å². The Morgan fingerprint density at radius 2 is 2.21 bits per heavy atom. The van der Waals surface area contributed by atoms with E-state index in [1.54, 1.807) is 18.6 Å². The zero-order valence-corrected chi connectivity index (χ0v) is 8.02. The quantitative estimate of drug-likeness (QED) is 0.723. The fraction of sp³-hybridized carbons (Fsp3) is 0.556. The van der Waals surface area contributed by atoms with Crippen LogP contribution >= 0.6 is 0 Å². The van der Waals surface area contributed by atoms with Crippen molar-refractivity contribution in [1.82, 2.24) is 20.4 Å². The summed E-state index contributed by atoms with van der Waals surface area (Å²) in [5, 5.41) is 2.15. The number of nitrogens with zero attached hydrogens (tertiary/aromatic N) is 3. The average molecular weight is 194 g/mol. The number of hydrogen-bond acceptors (Lipinski definition) is 5. The number of nitrogens with one attached hydrogen (secondary N) is 1. The molecule has 2 heterocycles. The van der Waals surface area contributed by atoms with Crippen molar-refractivity contribution in [2.24, 2.45) is 0 Å². The molecule has 0 atom stereocenters. The molecule has 0 bridgehead atoms. The third kappa shape index (κ3) is 2.73. The lowest BCUT2D eigenvalue weighted by molar-refractivity contribution is 0.0103. The van der Waals surface area contributed by atoms with Gasteiger partial charge in [0.25, 0.3) is 0 Å². The van der Waals surface area contributed by atoms with Crippen LogP contribution in [0.25, 0.3) is 0 Å². The first-order valence-corrected chi connectivity index (χ1v) is 4.76. The molecule has 0 aromatic carbocycles. The van der Waals surface area contributed by atoms with E-state index in [0.717, 1.165) is 38.5 Å². The highest BCUT2D eigenvalue weighted by atomic mass is 16.5. The first-order chi connectivity index (χ1) is 6.95. The number of morpholine rings is 1. The van der Waals surface area contributed by atoms with Gasteiger partial charge in [-0.1, -0.05) is 0 Å². The van der Waals surface area contributed by atoms with Crippen molar-refractivity contribution in [2.75, 3.05) is 26.3 Å². The van der Waals surface area contributed by atoms with Gasteiger partial charge in [-0.2, -0.15) is 0 Å². The summed E-state index contributed by atoms with van der Waals surface area (Å²) < 4.78 is 5.24. The van der Waals surface area contributed by atoms with E-state index in [2.05, 4.69) is 20.4 Å². The van der Waals surface area contributed by atoms with Crippen LogP contribution in [0.5, 0.6) is 0 Å². The van der Waals surface area contributed by atoms with Gasteiger partial charge in [0.15, 0.2) is 0 Å². The zero-order valence-electron chi connectivity index (χ0n) is 8.02. The van der Waals surface area contributed by atoms with Gasteiger partial charge in [-0.3, -0.25) is 9.97 Å². The van der Waals surface area contributed by atoms with Crippen molar-refractivity contribution in [3.63, 3.8) is 0 Å². The van der Waals surface area contributed by atoms with Gasteiger partial charge < -0.3 is 4.74 Å². The second kappa shape index (κ2) is 4.99. The molecule has 0 spiro atoms. The maximum Gasteiger partial charge on any atom is 0.0738 e. The van der Waals surface area contributed by atoms with E-state index in [1.807, 2.05) is 0 Å². The van der Waals surface area contributed by atoms with Gasteiger partial charge in [0.1, 0.15) is 0 Å². The van der Waals surface area contributed by atoms with Gasteiger partial charge in [-0.15, -0.1) is 0 Å². The van der Waals surface area contributed by atoms with Crippen molar-refractivity contribution >= 4 is 0 Å². The van der Waals surface area contributed by atoms with Crippen LogP contribution in [0.1, 0.15) is 5.69 Å². The Hall–Kier alpha value is -1.04. The molecule has 0 saturated carbocycles. The van der Waals surface area contributed by atoms with E-state index < -0.39 is 0 Å². The molecule has 1 aliphatic rings. The van der Waals surface area contributed by atoms with Crippen LogP contribution in [0.2, 0.25) is 0 Å². The van der Waals surface area contributed by atoms with Crippen LogP contribution in [0.3, 0.4) is 0 Å². The fourth-order valence-electron chi connectivity index (χ4n) is 1.34. The lowest BCUT2D eigenvalue weighted by Gasteiger charge is -2.26. The number of ether oxygens (including phenoxy) is 1. The molecule has 0 unspecified atom stereocenters. The summed E-state index contributed by atoms with van der Waals surface area (Å²) >= 11 is 0. The first kappa shape index (κ1) is 9.51. The summed E-state index contributed by atoms with van der Waals surface area (Å²) in [5.74, 6) is 0. The standard InChI is InChI=1S/C9H14N4O/c1-2-11-9(7-10-1)8-12-13-3-5-14-6-4-13/h1-2,7,12H,3-6,8H2. The maximum absolute atomic E-state index is 5.24. The second-order valence-corrected chi connectivity index (χ2v) is 3.13. The summed E-state index contributed by atoms with van der Waals surface area (Å²) in [6.45, 7) is 4.19.